The summed E-state index contributed by atoms with van der Waals surface area (Å²) in [5, 5.41) is 0. The second kappa shape index (κ2) is 9.04. The van der Waals surface area contributed by atoms with Gasteiger partial charge in [-0.1, -0.05) is 30.3 Å². The minimum atomic E-state index is -0.689. The Morgan fingerprint density at radius 3 is 2.45 bits per heavy atom. The average molecular weight is 276 g/mol. The van der Waals surface area contributed by atoms with Gasteiger partial charge in [-0.15, -0.1) is 0 Å². The van der Waals surface area contributed by atoms with Gasteiger partial charge in [-0.3, -0.25) is 4.79 Å². The molecule has 4 heteroatoms. The standard InChI is InChI=1S/C16H20O4/c1-3-19-15(16(18)20-4-2)12-14(10-11-17)13-8-6-5-7-9-13/h5-11,15H,3-4,12H2,1-2H3. The van der Waals surface area contributed by atoms with Gasteiger partial charge in [0.25, 0.3) is 0 Å². The lowest BCUT2D eigenvalue weighted by molar-refractivity contribution is -0.156. The molecule has 0 saturated carbocycles. The van der Waals surface area contributed by atoms with Gasteiger partial charge >= 0.3 is 5.97 Å². The van der Waals surface area contributed by atoms with Gasteiger partial charge in [-0.2, -0.15) is 0 Å². The predicted molar refractivity (Wildman–Crippen MR) is 77.1 cm³/mol. The Morgan fingerprint density at radius 2 is 1.90 bits per heavy atom. The molecule has 0 aromatic heterocycles. The van der Waals surface area contributed by atoms with Crippen molar-refractivity contribution >= 4 is 17.8 Å². The maximum absolute atomic E-state index is 11.8. The number of hydrogen-bond acceptors (Lipinski definition) is 4. The number of carbonyl (C=O) groups is 2. The maximum atomic E-state index is 11.8. The SMILES string of the molecule is CCOC(=O)C(CC(=CC=O)c1ccccc1)OCC. The number of hydrogen-bond donors (Lipinski definition) is 0. The number of aldehydes is 1. The van der Waals surface area contributed by atoms with Crippen LogP contribution in [0.5, 0.6) is 0 Å². The van der Waals surface area contributed by atoms with Crippen LogP contribution in [0.2, 0.25) is 0 Å². The summed E-state index contributed by atoms with van der Waals surface area (Å²) in [6, 6.07) is 9.45. The van der Waals surface area contributed by atoms with Crippen molar-refractivity contribution in [2.45, 2.75) is 26.4 Å². The van der Waals surface area contributed by atoms with Crippen LogP contribution in [0.1, 0.15) is 25.8 Å². The van der Waals surface area contributed by atoms with Gasteiger partial charge in [0.15, 0.2) is 6.10 Å². The zero-order valence-corrected chi connectivity index (χ0v) is 11.9. The van der Waals surface area contributed by atoms with Gasteiger partial charge in [0.05, 0.1) is 6.61 Å². The van der Waals surface area contributed by atoms with Crippen LogP contribution in [0, 0.1) is 0 Å². The summed E-state index contributed by atoms with van der Waals surface area (Å²) in [4.78, 5) is 22.6. The van der Waals surface area contributed by atoms with E-state index in [1.807, 2.05) is 37.3 Å². The fourth-order valence-corrected chi connectivity index (χ4v) is 1.86. The van der Waals surface area contributed by atoms with Gasteiger partial charge < -0.3 is 9.47 Å². The normalized spacial score (nSPS) is 12.8. The zero-order valence-electron chi connectivity index (χ0n) is 11.9. The molecule has 0 amide bonds. The van der Waals surface area contributed by atoms with E-state index in [0.29, 0.717) is 19.6 Å². The van der Waals surface area contributed by atoms with Crippen molar-refractivity contribution in [1.82, 2.24) is 0 Å². The molecule has 0 bridgehead atoms. The van der Waals surface area contributed by atoms with E-state index in [4.69, 9.17) is 9.47 Å². The average Bonchev–Trinajstić information content (AvgIpc) is 2.47. The molecule has 0 aliphatic rings. The minimum absolute atomic E-state index is 0.306. The molecule has 0 spiro atoms. The highest BCUT2D eigenvalue weighted by molar-refractivity contribution is 5.84. The summed E-state index contributed by atoms with van der Waals surface area (Å²) in [6.45, 7) is 4.28. The Hall–Kier alpha value is -1.94. The molecule has 1 aromatic rings. The van der Waals surface area contributed by atoms with Crippen LogP contribution in [0.3, 0.4) is 0 Å². The Kier molecular flexibility index (Phi) is 7.29. The van der Waals surface area contributed by atoms with Crippen molar-refractivity contribution in [2.24, 2.45) is 0 Å². The molecule has 1 atom stereocenters. The van der Waals surface area contributed by atoms with Gasteiger partial charge in [-0.05, 0) is 31.1 Å². The van der Waals surface area contributed by atoms with Crippen molar-refractivity contribution < 1.29 is 19.1 Å². The van der Waals surface area contributed by atoms with Crippen LogP contribution in [0.15, 0.2) is 36.4 Å². The first kappa shape index (κ1) is 16.1. The smallest absolute Gasteiger partial charge is 0.335 e. The summed E-state index contributed by atoms with van der Waals surface area (Å²) in [5.41, 5.74) is 1.65. The molecule has 0 heterocycles. The van der Waals surface area contributed by atoms with E-state index in [-0.39, 0.29) is 0 Å². The third-order valence-electron chi connectivity index (χ3n) is 2.74. The Labute approximate surface area is 119 Å². The highest BCUT2D eigenvalue weighted by Gasteiger charge is 2.22. The predicted octanol–water partition coefficient (Wildman–Crippen LogP) is 2.63. The molecular formula is C16H20O4. The first-order chi connectivity index (χ1) is 9.72. The molecule has 4 nitrogen and oxygen atoms in total. The van der Waals surface area contributed by atoms with E-state index in [2.05, 4.69) is 0 Å². The molecule has 1 aromatic carbocycles. The van der Waals surface area contributed by atoms with Crippen molar-refractivity contribution in [2.75, 3.05) is 13.2 Å². The van der Waals surface area contributed by atoms with E-state index in [1.165, 1.54) is 6.08 Å². The molecule has 0 fully saturated rings. The van der Waals surface area contributed by atoms with Gasteiger partial charge in [0, 0.05) is 13.0 Å². The third kappa shape index (κ3) is 4.97. The third-order valence-corrected chi connectivity index (χ3v) is 2.74. The maximum Gasteiger partial charge on any atom is 0.335 e. The second-order valence-electron chi connectivity index (χ2n) is 4.09. The fraction of sp³-hybridized carbons (Fsp3) is 0.375. The fourth-order valence-electron chi connectivity index (χ4n) is 1.86. The van der Waals surface area contributed by atoms with Crippen LogP contribution in [-0.2, 0) is 19.1 Å². The number of ether oxygens (including phenoxy) is 2. The van der Waals surface area contributed by atoms with Crippen LogP contribution in [0.4, 0.5) is 0 Å². The quantitative estimate of drug-likeness (QED) is 0.416. The molecule has 0 radical (unpaired) electrons. The highest BCUT2D eigenvalue weighted by Crippen LogP contribution is 2.21. The van der Waals surface area contributed by atoms with E-state index in [1.54, 1.807) is 6.92 Å². The molecule has 0 N–H and O–H groups in total. The lowest BCUT2D eigenvalue weighted by Gasteiger charge is -2.17. The zero-order chi connectivity index (χ0) is 14.8. The summed E-state index contributed by atoms with van der Waals surface area (Å²) in [5.74, 6) is -0.401. The van der Waals surface area contributed by atoms with Gasteiger partial charge in [0.2, 0.25) is 0 Å². The second-order valence-corrected chi connectivity index (χ2v) is 4.09. The lowest BCUT2D eigenvalue weighted by atomic mass is 9.99. The molecule has 0 aliphatic heterocycles. The summed E-state index contributed by atoms with van der Waals surface area (Å²) < 4.78 is 10.4. The number of benzene rings is 1. The lowest BCUT2D eigenvalue weighted by Crippen LogP contribution is -2.27. The van der Waals surface area contributed by atoms with E-state index in [9.17, 15) is 9.59 Å². The molecule has 1 unspecified atom stereocenters. The molecule has 108 valence electrons. The largest absolute Gasteiger partial charge is 0.464 e. The monoisotopic (exact) mass is 276 g/mol. The first-order valence-corrected chi connectivity index (χ1v) is 6.70. The van der Waals surface area contributed by atoms with Crippen molar-refractivity contribution in [1.29, 1.82) is 0 Å². The van der Waals surface area contributed by atoms with E-state index < -0.39 is 12.1 Å². The van der Waals surface area contributed by atoms with Crippen LogP contribution >= 0.6 is 0 Å². The minimum Gasteiger partial charge on any atom is -0.464 e. The molecule has 20 heavy (non-hydrogen) atoms. The van der Waals surface area contributed by atoms with Gasteiger partial charge in [-0.25, -0.2) is 4.79 Å². The van der Waals surface area contributed by atoms with E-state index >= 15 is 0 Å². The van der Waals surface area contributed by atoms with Crippen molar-refractivity contribution in [3.8, 4) is 0 Å². The van der Waals surface area contributed by atoms with Gasteiger partial charge in [0.1, 0.15) is 6.29 Å². The molecule has 1 rings (SSSR count). The molecule has 0 saturated heterocycles. The summed E-state index contributed by atoms with van der Waals surface area (Å²) in [7, 11) is 0. The highest BCUT2D eigenvalue weighted by atomic mass is 16.6. The summed E-state index contributed by atoms with van der Waals surface area (Å²) >= 11 is 0. The number of allylic oxidation sites excluding steroid dienone is 1. The van der Waals surface area contributed by atoms with Crippen LogP contribution in [-0.4, -0.2) is 31.6 Å². The Morgan fingerprint density at radius 1 is 1.20 bits per heavy atom. The van der Waals surface area contributed by atoms with Crippen LogP contribution in [0.25, 0.3) is 5.57 Å². The van der Waals surface area contributed by atoms with Crippen molar-refractivity contribution in [3.63, 3.8) is 0 Å². The molecular weight excluding hydrogens is 256 g/mol. The van der Waals surface area contributed by atoms with E-state index in [0.717, 1.165) is 17.4 Å². The van der Waals surface area contributed by atoms with Crippen molar-refractivity contribution in [3.05, 3.63) is 42.0 Å². The number of rotatable bonds is 8. The molecule has 0 aliphatic carbocycles. The topological polar surface area (TPSA) is 52.6 Å². The Bertz CT molecular complexity index is 451. The van der Waals surface area contributed by atoms with Crippen LogP contribution < -0.4 is 0 Å². The number of esters is 1. The number of carbonyl (C=O) groups excluding carboxylic acids is 2. The first-order valence-electron chi connectivity index (χ1n) is 6.70. The Balaban J connectivity index is 2.89. The summed E-state index contributed by atoms with van der Waals surface area (Å²) in [6.07, 6.45) is 1.80.